The molecule has 1 heterocycles. The molecule has 0 atom stereocenters. The highest BCUT2D eigenvalue weighted by Crippen LogP contribution is 2.32. The Kier molecular flexibility index (Phi) is 4.05. The number of fused-ring (bicyclic) bond motifs is 1. The molecule has 102 valence electrons. The van der Waals surface area contributed by atoms with Crippen molar-refractivity contribution in [3.8, 4) is 0 Å². The zero-order valence-corrected chi connectivity index (χ0v) is 13.2. The van der Waals surface area contributed by atoms with E-state index in [9.17, 15) is 0 Å². The predicted molar refractivity (Wildman–Crippen MR) is 83.2 cm³/mol. The molecule has 0 radical (unpaired) electrons. The van der Waals surface area contributed by atoms with Crippen LogP contribution in [0.1, 0.15) is 32.0 Å². The number of nitrogens with zero attached hydrogens (tertiary/aromatic N) is 1. The van der Waals surface area contributed by atoms with Crippen molar-refractivity contribution in [3.05, 3.63) is 39.5 Å². The van der Waals surface area contributed by atoms with E-state index in [1.165, 1.54) is 0 Å². The first-order valence-electron chi connectivity index (χ1n) is 6.26. The molecule has 0 spiro atoms. The van der Waals surface area contributed by atoms with Crippen molar-refractivity contribution >= 4 is 34.1 Å². The molecule has 0 amide bonds. The standard InChI is InChI=1S/C15H18Cl2N2/c1-15(2,3)13-5-9(8-18-4)14-11(17)6-10(16)7-12(14)19-13/h5-7,18H,8H2,1-4H3. The van der Waals surface area contributed by atoms with Crippen molar-refractivity contribution < 1.29 is 0 Å². The van der Waals surface area contributed by atoms with E-state index in [-0.39, 0.29) is 5.41 Å². The number of benzene rings is 1. The Morgan fingerprint density at radius 1 is 1.16 bits per heavy atom. The third-order valence-corrected chi connectivity index (χ3v) is 3.56. The molecule has 1 N–H and O–H groups in total. The van der Waals surface area contributed by atoms with Crippen molar-refractivity contribution in [1.82, 2.24) is 10.3 Å². The van der Waals surface area contributed by atoms with Crippen LogP contribution in [0.2, 0.25) is 10.0 Å². The fourth-order valence-corrected chi connectivity index (χ4v) is 2.68. The summed E-state index contributed by atoms with van der Waals surface area (Å²) in [6.45, 7) is 7.20. The van der Waals surface area contributed by atoms with Gasteiger partial charge in [-0.3, -0.25) is 4.98 Å². The van der Waals surface area contributed by atoms with Crippen LogP contribution in [-0.4, -0.2) is 12.0 Å². The summed E-state index contributed by atoms with van der Waals surface area (Å²) in [7, 11) is 1.92. The van der Waals surface area contributed by atoms with Gasteiger partial charge in [-0.15, -0.1) is 0 Å². The molecule has 2 rings (SSSR count). The molecule has 0 saturated heterocycles. The van der Waals surface area contributed by atoms with Crippen LogP contribution in [0.4, 0.5) is 0 Å². The monoisotopic (exact) mass is 296 g/mol. The minimum Gasteiger partial charge on any atom is -0.316 e. The predicted octanol–water partition coefficient (Wildman–Crippen LogP) is 4.56. The number of nitrogens with one attached hydrogen (secondary N) is 1. The van der Waals surface area contributed by atoms with E-state index in [0.29, 0.717) is 10.0 Å². The van der Waals surface area contributed by atoms with Crippen LogP contribution < -0.4 is 5.32 Å². The van der Waals surface area contributed by atoms with Crippen LogP contribution >= 0.6 is 23.2 Å². The van der Waals surface area contributed by atoms with Gasteiger partial charge in [0.2, 0.25) is 0 Å². The molecule has 0 aliphatic carbocycles. The van der Waals surface area contributed by atoms with Gasteiger partial charge in [-0.25, -0.2) is 0 Å². The van der Waals surface area contributed by atoms with E-state index in [2.05, 4.69) is 32.2 Å². The zero-order valence-electron chi connectivity index (χ0n) is 11.6. The Morgan fingerprint density at radius 2 is 1.84 bits per heavy atom. The SMILES string of the molecule is CNCc1cc(C(C)(C)C)nc2cc(Cl)cc(Cl)c12. The minimum absolute atomic E-state index is 0.00846. The van der Waals surface area contributed by atoms with Gasteiger partial charge in [0.25, 0.3) is 0 Å². The fourth-order valence-electron chi connectivity index (χ4n) is 2.08. The molecule has 0 unspecified atom stereocenters. The Bertz CT molecular complexity index is 616. The van der Waals surface area contributed by atoms with E-state index in [4.69, 9.17) is 28.2 Å². The van der Waals surface area contributed by atoms with Gasteiger partial charge in [0.15, 0.2) is 0 Å². The van der Waals surface area contributed by atoms with Gasteiger partial charge >= 0.3 is 0 Å². The van der Waals surface area contributed by atoms with Crippen LogP contribution in [0.25, 0.3) is 10.9 Å². The minimum atomic E-state index is -0.00846. The Labute approximate surface area is 124 Å². The van der Waals surface area contributed by atoms with Crippen LogP contribution in [0.15, 0.2) is 18.2 Å². The largest absolute Gasteiger partial charge is 0.316 e. The third-order valence-electron chi connectivity index (χ3n) is 3.04. The van der Waals surface area contributed by atoms with Gasteiger partial charge in [-0.05, 0) is 30.8 Å². The smallest absolute Gasteiger partial charge is 0.0738 e. The van der Waals surface area contributed by atoms with Crippen LogP contribution in [-0.2, 0) is 12.0 Å². The van der Waals surface area contributed by atoms with Crippen LogP contribution in [0.3, 0.4) is 0 Å². The molecular formula is C15H18Cl2N2. The second kappa shape index (κ2) is 5.28. The first-order valence-corrected chi connectivity index (χ1v) is 7.02. The highest BCUT2D eigenvalue weighted by Gasteiger charge is 2.19. The van der Waals surface area contributed by atoms with Gasteiger partial charge in [0, 0.05) is 28.1 Å². The van der Waals surface area contributed by atoms with Crippen LogP contribution in [0.5, 0.6) is 0 Å². The average molecular weight is 297 g/mol. The summed E-state index contributed by atoms with van der Waals surface area (Å²) in [6.07, 6.45) is 0. The van der Waals surface area contributed by atoms with E-state index >= 15 is 0 Å². The Hall–Kier alpha value is -0.830. The van der Waals surface area contributed by atoms with Crippen molar-refractivity contribution in [3.63, 3.8) is 0 Å². The van der Waals surface area contributed by atoms with Crippen molar-refractivity contribution in [2.75, 3.05) is 7.05 Å². The maximum Gasteiger partial charge on any atom is 0.0738 e. The lowest BCUT2D eigenvalue weighted by molar-refractivity contribution is 0.570. The Balaban J connectivity index is 2.79. The lowest BCUT2D eigenvalue weighted by Gasteiger charge is -2.20. The second-order valence-electron chi connectivity index (χ2n) is 5.73. The number of hydrogen-bond donors (Lipinski definition) is 1. The molecule has 0 bridgehead atoms. The average Bonchev–Trinajstić information content (AvgIpc) is 2.26. The third kappa shape index (κ3) is 3.02. The molecule has 2 nitrogen and oxygen atoms in total. The number of halogens is 2. The summed E-state index contributed by atoms with van der Waals surface area (Å²) in [5.74, 6) is 0. The molecule has 2 aromatic rings. The maximum absolute atomic E-state index is 6.32. The number of hydrogen-bond acceptors (Lipinski definition) is 2. The van der Waals surface area contributed by atoms with E-state index in [1.54, 1.807) is 6.07 Å². The summed E-state index contributed by atoms with van der Waals surface area (Å²) in [5, 5.41) is 5.43. The van der Waals surface area contributed by atoms with E-state index in [0.717, 1.165) is 28.7 Å². The molecule has 19 heavy (non-hydrogen) atoms. The fraction of sp³-hybridized carbons (Fsp3) is 0.400. The first-order chi connectivity index (χ1) is 8.82. The van der Waals surface area contributed by atoms with Crippen molar-refractivity contribution in [2.45, 2.75) is 32.7 Å². The number of rotatable bonds is 2. The normalized spacial score (nSPS) is 12.1. The highest BCUT2D eigenvalue weighted by molar-refractivity contribution is 6.38. The highest BCUT2D eigenvalue weighted by atomic mass is 35.5. The van der Waals surface area contributed by atoms with Gasteiger partial charge in [0.05, 0.1) is 10.5 Å². The summed E-state index contributed by atoms with van der Waals surface area (Å²) >= 11 is 12.4. The van der Waals surface area contributed by atoms with Crippen molar-refractivity contribution in [1.29, 1.82) is 0 Å². The van der Waals surface area contributed by atoms with Crippen molar-refractivity contribution in [2.24, 2.45) is 0 Å². The van der Waals surface area contributed by atoms with Gasteiger partial charge in [0.1, 0.15) is 0 Å². The molecular weight excluding hydrogens is 279 g/mol. The zero-order chi connectivity index (χ0) is 14.2. The molecule has 0 aliphatic heterocycles. The summed E-state index contributed by atoms with van der Waals surface area (Å²) in [4.78, 5) is 4.71. The molecule has 0 aliphatic rings. The molecule has 0 saturated carbocycles. The van der Waals surface area contributed by atoms with Gasteiger partial charge < -0.3 is 5.32 Å². The topological polar surface area (TPSA) is 24.9 Å². The Morgan fingerprint density at radius 3 is 2.42 bits per heavy atom. The van der Waals surface area contributed by atoms with Gasteiger partial charge in [-0.2, -0.15) is 0 Å². The van der Waals surface area contributed by atoms with Gasteiger partial charge in [-0.1, -0.05) is 44.0 Å². The molecule has 1 aromatic heterocycles. The molecule has 4 heteroatoms. The molecule has 1 aromatic carbocycles. The summed E-state index contributed by atoms with van der Waals surface area (Å²) in [6, 6.07) is 5.76. The van der Waals surface area contributed by atoms with E-state index in [1.807, 2.05) is 13.1 Å². The summed E-state index contributed by atoms with van der Waals surface area (Å²) < 4.78 is 0. The quantitative estimate of drug-likeness (QED) is 0.879. The maximum atomic E-state index is 6.32. The summed E-state index contributed by atoms with van der Waals surface area (Å²) in [5.41, 5.74) is 3.05. The number of aromatic nitrogens is 1. The lowest BCUT2D eigenvalue weighted by Crippen LogP contribution is -2.15. The first kappa shape index (κ1) is 14.6. The second-order valence-corrected chi connectivity index (χ2v) is 6.57. The van der Waals surface area contributed by atoms with E-state index < -0.39 is 0 Å². The van der Waals surface area contributed by atoms with Crippen LogP contribution in [0, 0.1) is 0 Å². The molecule has 0 fully saturated rings. The number of pyridine rings is 1. The lowest BCUT2D eigenvalue weighted by atomic mass is 9.90.